The van der Waals surface area contributed by atoms with Crippen molar-refractivity contribution in [2.75, 3.05) is 26.4 Å². The van der Waals surface area contributed by atoms with E-state index in [-0.39, 0.29) is 46.3 Å². The standard InChI is InChI=1S/2C14H20O3.C13H18O3.C12H16O3/c1-4-12(15)10(3)8-11-6-7-13(16)14(9-11)17-5-2;1-3-5-12(15)8-6-11-7-9-13(16)14(10-11)17-4-2;1-3-11(14)7-5-10-6-8-12(15)13(9-10)16-4-2;1-3-15-12-8-10(5-4-9(2)13)6-7-11(12)14/h6-7,9-10,16H,4-5,8H2,1-3H3;7,9-10,16H,3-6,8H2,1-2H3;6,8-9,15H,3-5,7H2,1-2H3;6-8,14H,3-5H2,1-2H3. The van der Waals surface area contributed by atoms with Crippen LogP contribution in [0.4, 0.5) is 0 Å². The van der Waals surface area contributed by atoms with Gasteiger partial charge in [-0.15, -0.1) is 0 Å². The number of ketones is 4. The van der Waals surface area contributed by atoms with Gasteiger partial charge in [0.1, 0.15) is 23.1 Å². The lowest BCUT2D eigenvalue weighted by Gasteiger charge is -2.11. The molecule has 0 saturated heterocycles. The van der Waals surface area contributed by atoms with Crippen molar-refractivity contribution >= 4 is 23.1 Å². The molecule has 12 heteroatoms. The molecule has 0 heterocycles. The van der Waals surface area contributed by atoms with Gasteiger partial charge in [-0.05, 0) is 138 Å². The number of Topliss-reactive ketones (excluding diaryl/α,β-unsaturated/α-hetero) is 4. The van der Waals surface area contributed by atoms with E-state index < -0.39 is 0 Å². The predicted molar refractivity (Wildman–Crippen MR) is 256 cm³/mol. The largest absolute Gasteiger partial charge is 0.504 e. The van der Waals surface area contributed by atoms with Gasteiger partial charge in [0, 0.05) is 44.4 Å². The molecule has 358 valence electrons. The van der Waals surface area contributed by atoms with Gasteiger partial charge in [0.2, 0.25) is 0 Å². The molecule has 0 fully saturated rings. The lowest BCUT2D eigenvalue weighted by molar-refractivity contribution is -0.122. The molecule has 0 aliphatic carbocycles. The van der Waals surface area contributed by atoms with Crippen LogP contribution in [0.1, 0.15) is 130 Å². The summed E-state index contributed by atoms with van der Waals surface area (Å²) in [4.78, 5) is 44.9. The number of aromatic hydroxyl groups is 4. The first-order valence-corrected chi connectivity index (χ1v) is 22.9. The summed E-state index contributed by atoms with van der Waals surface area (Å²) in [6, 6.07) is 20.9. The van der Waals surface area contributed by atoms with Gasteiger partial charge in [-0.25, -0.2) is 0 Å². The maximum Gasteiger partial charge on any atom is 0.161 e. The van der Waals surface area contributed by atoms with Crippen LogP contribution >= 0.6 is 0 Å². The molecule has 4 rings (SSSR count). The molecule has 0 amide bonds. The van der Waals surface area contributed by atoms with Crippen LogP contribution in [0.2, 0.25) is 0 Å². The summed E-state index contributed by atoms with van der Waals surface area (Å²) in [6.45, 7) is 18.8. The molecule has 0 radical (unpaired) electrons. The van der Waals surface area contributed by atoms with E-state index in [1.165, 1.54) is 0 Å². The van der Waals surface area contributed by atoms with Crippen molar-refractivity contribution in [3.05, 3.63) is 95.1 Å². The summed E-state index contributed by atoms with van der Waals surface area (Å²) in [5.41, 5.74) is 4.06. The minimum Gasteiger partial charge on any atom is -0.504 e. The molecule has 0 saturated carbocycles. The van der Waals surface area contributed by atoms with Crippen LogP contribution in [0, 0.1) is 5.92 Å². The fourth-order valence-corrected chi connectivity index (χ4v) is 6.20. The van der Waals surface area contributed by atoms with E-state index in [4.69, 9.17) is 18.9 Å². The third-order valence-corrected chi connectivity index (χ3v) is 9.81. The second-order valence-corrected chi connectivity index (χ2v) is 15.2. The number of rotatable bonds is 24. The van der Waals surface area contributed by atoms with Crippen molar-refractivity contribution in [3.8, 4) is 46.0 Å². The quantitative estimate of drug-likeness (QED) is 0.0522. The number of benzene rings is 4. The average Bonchev–Trinajstić information content (AvgIpc) is 3.29. The Balaban J connectivity index is 0.000000434. The van der Waals surface area contributed by atoms with E-state index >= 15 is 0 Å². The van der Waals surface area contributed by atoms with Crippen LogP contribution in [-0.4, -0.2) is 70.0 Å². The molecule has 4 aromatic carbocycles. The Morgan fingerprint density at radius 1 is 0.462 bits per heavy atom. The molecule has 0 bridgehead atoms. The number of aryl methyl sites for hydroxylation is 3. The molecule has 0 spiro atoms. The highest BCUT2D eigenvalue weighted by Gasteiger charge is 2.13. The van der Waals surface area contributed by atoms with Crippen LogP contribution in [0.5, 0.6) is 46.0 Å². The predicted octanol–water partition coefficient (Wildman–Crippen LogP) is 11.1. The lowest BCUT2D eigenvalue weighted by atomic mass is 9.95. The molecule has 65 heavy (non-hydrogen) atoms. The molecule has 0 aliphatic rings. The smallest absolute Gasteiger partial charge is 0.161 e. The number of hydrogen-bond acceptors (Lipinski definition) is 12. The van der Waals surface area contributed by atoms with Crippen molar-refractivity contribution < 1.29 is 58.6 Å². The molecule has 0 aromatic heterocycles. The number of hydrogen-bond donors (Lipinski definition) is 4. The first-order chi connectivity index (χ1) is 31.0. The SMILES string of the molecule is CCCC(=O)CCc1ccc(O)c(OCC)c1.CCOc1cc(CC(C)C(=O)CC)ccc1O.CCOc1cc(CCC(=O)CC)ccc1O.CCOc1cc(CCC(C)=O)ccc1O. The first-order valence-electron chi connectivity index (χ1n) is 22.9. The Morgan fingerprint density at radius 2 is 0.800 bits per heavy atom. The zero-order valence-electron chi connectivity index (χ0n) is 40.2. The minimum absolute atomic E-state index is 0.0130. The summed E-state index contributed by atoms with van der Waals surface area (Å²) < 4.78 is 21.1. The Morgan fingerprint density at radius 3 is 1.12 bits per heavy atom. The van der Waals surface area contributed by atoms with Gasteiger partial charge in [-0.1, -0.05) is 52.0 Å². The fourth-order valence-electron chi connectivity index (χ4n) is 6.20. The normalized spacial score (nSPS) is 10.7. The third-order valence-electron chi connectivity index (χ3n) is 9.81. The van der Waals surface area contributed by atoms with E-state index in [1.807, 2.05) is 73.6 Å². The van der Waals surface area contributed by atoms with Crippen molar-refractivity contribution in [3.63, 3.8) is 0 Å². The van der Waals surface area contributed by atoms with Crippen LogP contribution in [0.15, 0.2) is 72.8 Å². The van der Waals surface area contributed by atoms with E-state index in [2.05, 4.69) is 0 Å². The monoisotopic (exact) mass is 903 g/mol. The number of phenolic OH excluding ortho intramolecular Hbond substituents is 4. The molecule has 1 unspecified atom stereocenters. The average molecular weight is 903 g/mol. The van der Waals surface area contributed by atoms with Gasteiger partial charge in [0.15, 0.2) is 46.0 Å². The highest BCUT2D eigenvalue weighted by molar-refractivity contribution is 5.80. The zero-order valence-corrected chi connectivity index (χ0v) is 40.2. The molecular formula is C53H74O12. The number of carbonyl (C=O) groups is 4. The van der Waals surface area contributed by atoms with Gasteiger partial charge in [0.05, 0.1) is 26.4 Å². The molecule has 12 nitrogen and oxygen atoms in total. The number of ether oxygens (including phenoxy) is 4. The second-order valence-electron chi connectivity index (χ2n) is 15.2. The Kier molecular flexibility index (Phi) is 28.6. The van der Waals surface area contributed by atoms with E-state index in [9.17, 15) is 39.6 Å². The van der Waals surface area contributed by atoms with E-state index in [0.29, 0.717) is 119 Å². The maximum atomic E-state index is 11.5. The summed E-state index contributed by atoms with van der Waals surface area (Å²) in [5, 5.41) is 38.0. The van der Waals surface area contributed by atoms with Crippen molar-refractivity contribution in [1.29, 1.82) is 0 Å². The van der Waals surface area contributed by atoms with Gasteiger partial charge >= 0.3 is 0 Å². The molecular weight excluding hydrogens is 829 g/mol. The van der Waals surface area contributed by atoms with Gasteiger partial charge in [0.25, 0.3) is 0 Å². The topological polar surface area (TPSA) is 186 Å². The van der Waals surface area contributed by atoms with Gasteiger partial charge in [-0.2, -0.15) is 0 Å². The Hall–Kier alpha value is -6.04. The molecule has 0 aliphatic heterocycles. The minimum atomic E-state index is 0.0130. The Labute approximate surface area is 386 Å². The number of carbonyl (C=O) groups excluding carboxylic acids is 4. The van der Waals surface area contributed by atoms with E-state index in [0.717, 1.165) is 28.7 Å². The van der Waals surface area contributed by atoms with Crippen molar-refractivity contribution in [1.82, 2.24) is 0 Å². The Bertz CT molecular complexity index is 2040. The lowest BCUT2D eigenvalue weighted by Crippen LogP contribution is -2.12. The maximum absolute atomic E-state index is 11.5. The van der Waals surface area contributed by atoms with Crippen molar-refractivity contribution in [2.24, 2.45) is 5.92 Å². The third kappa shape index (κ3) is 23.5. The molecule has 4 aromatic rings. The van der Waals surface area contributed by atoms with Gasteiger partial charge < -0.3 is 44.2 Å². The van der Waals surface area contributed by atoms with Crippen molar-refractivity contribution in [2.45, 2.75) is 133 Å². The summed E-state index contributed by atoms with van der Waals surface area (Å²) in [6.07, 6.45) is 7.12. The second kappa shape index (κ2) is 32.6. The fraction of sp³-hybridized carbons (Fsp3) is 0.472. The highest BCUT2D eigenvalue weighted by Crippen LogP contribution is 2.30. The van der Waals surface area contributed by atoms with Crippen LogP contribution in [-0.2, 0) is 44.9 Å². The highest BCUT2D eigenvalue weighted by atomic mass is 16.5. The number of phenols is 4. The molecule has 4 N–H and O–H groups in total. The van der Waals surface area contributed by atoms with Crippen LogP contribution in [0.25, 0.3) is 0 Å². The van der Waals surface area contributed by atoms with Crippen LogP contribution < -0.4 is 18.9 Å². The summed E-state index contributed by atoms with van der Waals surface area (Å²) >= 11 is 0. The van der Waals surface area contributed by atoms with Crippen LogP contribution in [0.3, 0.4) is 0 Å². The van der Waals surface area contributed by atoms with Gasteiger partial charge in [-0.3, -0.25) is 14.4 Å². The summed E-state index contributed by atoms with van der Waals surface area (Å²) in [7, 11) is 0. The van der Waals surface area contributed by atoms with E-state index in [1.54, 1.807) is 61.5 Å². The zero-order chi connectivity index (χ0) is 48.7. The first kappa shape index (κ1) is 57.0. The molecule has 1 atom stereocenters. The summed E-state index contributed by atoms with van der Waals surface area (Å²) in [5.74, 6) is 3.52.